The zero-order valence-electron chi connectivity index (χ0n) is 10.00. The second-order valence-corrected chi connectivity index (χ2v) is 5.33. The van der Waals surface area contributed by atoms with Crippen molar-refractivity contribution in [3.8, 4) is 0 Å². The quantitative estimate of drug-likeness (QED) is 0.749. The Labute approximate surface area is 88.8 Å². The van der Waals surface area contributed by atoms with Crippen molar-refractivity contribution in [2.75, 3.05) is 19.6 Å². The van der Waals surface area contributed by atoms with Gasteiger partial charge in [-0.3, -0.25) is 0 Å². The normalized spacial score (nSPS) is 31.7. The lowest BCUT2D eigenvalue weighted by atomic mass is 9.92. The number of piperidine rings is 1. The zero-order chi connectivity index (χ0) is 10.6. The van der Waals surface area contributed by atoms with E-state index in [1.54, 1.807) is 0 Å². The summed E-state index contributed by atoms with van der Waals surface area (Å²) < 4.78 is 0. The molecule has 1 aliphatic rings. The second kappa shape index (κ2) is 5.72. The highest BCUT2D eigenvalue weighted by Crippen LogP contribution is 2.20. The Balaban J connectivity index is 2.17. The van der Waals surface area contributed by atoms with E-state index in [0.29, 0.717) is 6.04 Å². The molecule has 2 heteroatoms. The summed E-state index contributed by atoms with van der Waals surface area (Å²) in [6.45, 7) is 10.7. The molecule has 2 N–H and O–H groups in total. The molecule has 0 aromatic heterocycles. The lowest BCUT2D eigenvalue weighted by Gasteiger charge is -2.35. The van der Waals surface area contributed by atoms with Crippen LogP contribution in [-0.4, -0.2) is 30.6 Å². The molecule has 1 aliphatic heterocycles. The van der Waals surface area contributed by atoms with Gasteiger partial charge in [0.1, 0.15) is 0 Å². The molecule has 3 atom stereocenters. The SMILES string of the molecule is CC(N)CCCN1CC(C)CC(C)C1. The molecule has 0 spiro atoms. The van der Waals surface area contributed by atoms with E-state index in [1.807, 2.05) is 0 Å². The zero-order valence-corrected chi connectivity index (χ0v) is 10.00. The standard InChI is InChI=1S/C12H26N2/c1-10-7-11(2)9-14(8-10)6-4-5-12(3)13/h10-12H,4-9,13H2,1-3H3. The third-order valence-corrected chi connectivity index (χ3v) is 3.08. The van der Waals surface area contributed by atoms with Crippen molar-refractivity contribution in [2.45, 2.75) is 46.1 Å². The summed E-state index contributed by atoms with van der Waals surface area (Å²) in [5.74, 6) is 1.77. The topological polar surface area (TPSA) is 29.3 Å². The van der Waals surface area contributed by atoms with Gasteiger partial charge in [-0.2, -0.15) is 0 Å². The summed E-state index contributed by atoms with van der Waals surface area (Å²) in [7, 11) is 0. The maximum atomic E-state index is 5.74. The van der Waals surface area contributed by atoms with Crippen LogP contribution in [0.3, 0.4) is 0 Å². The third-order valence-electron chi connectivity index (χ3n) is 3.08. The molecule has 14 heavy (non-hydrogen) atoms. The highest BCUT2D eigenvalue weighted by molar-refractivity contribution is 4.74. The van der Waals surface area contributed by atoms with E-state index in [0.717, 1.165) is 11.8 Å². The molecule has 0 aromatic rings. The molecular formula is C12H26N2. The van der Waals surface area contributed by atoms with Gasteiger partial charge in [-0.15, -0.1) is 0 Å². The molecule has 0 aliphatic carbocycles. The maximum Gasteiger partial charge on any atom is 0.00109 e. The van der Waals surface area contributed by atoms with Crippen molar-refractivity contribution in [1.29, 1.82) is 0 Å². The summed E-state index contributed by atoms with van der Waals surface area (Å²) in [5, 5.41) is 0. The van der Waals surface area contributed by atoms with Crippen LogP contribution < -0.4 is 5.73 Å². The van der Waals surface area contributed by atoms with Crippen LogP contribution in [0.2, 0.25) is 0 Å². The minimum Gasteiger partial charge on any atom is -0.328 e. The Kier molecular flexibility index (Phi) is 4.90. The lowest BCUT2D eigenvalue weighted by molar-refractivity contribution is 0.138. The van der Waals surface area contributed by atoms with E-state index in [-0.39, 0.29) is 0 Å². The van der Waals surface area contributed by atoms with E-state index in [4.69, 9.17) is 5.73 Å². The van der Waals surface area contributed by atoms with Crippen LogP contribution in [-0.2, 0) is 0 Å². The van der Waals surface area contributed by atoms with Gasteiger partial charge in [0.15, 0.2) is 0 Å². The molecule has 1 fully saturated rings. The third kappa shape index (κ3) is 4.43. The number of nitrogens with zero attached hydrogens (tertiary/aromatic N) is 1. The van der Waals surface area contributed by atoms with Crippen LogP contribution in [0.25, 0.3) is 0 Å². The van der Waals surface area contributed by atoms with E-state index in [1.165, 1.54) is 38.9 Å². The molecule has 2 nitrogen and oxygen atoms in total. The van der Waals surface area contributed by atoms with E-state index >= 15 is 0 Å². The maximum absolute atomic E-state index is 5.74. The first-order chi connectivity index (χ1) is 6.58. The first-order valence-corrected chi connectivity index (χ1v) is 6.06. The minimum absolute atomic E-state index is 0.370. The van der Waals surface area contributed by atoms with E-state index in [2.05, 4.69) is 25.7 Å². The van der Waals surface area contributed by atoms with Gasteiger partial charge in [0.05, 0.1) is 0 Å². The van der Waals surface area contributed by atoms with Crippen LogP contribution in [0.15, 0.2) is 0 Å². The number of likely N-dealkylation sites (tertiary alicyclic amines) is 1. The summed E-state index contributed by atoms with van der Waals surface area (Å²) in [6, 6.07) is 0.370. The van der Waals surface area contributed by atoms with Crippen molar-refractivity contribution in [3.05, 3.63) is 0 Å². The van der Waals surface area contributed by atoms with Crippen molar-refractivity contribution in [3.63, 3.8) is 0 Å². The molecule has 0 radical (unpaired) electrons. The predicted molar refractivity (Wildman–Crippen MR) is 62.3 cm³/mol. The van der Waals surface area contributed by atoms with E-state index < -0.39 is 0 Å². The fourth-order valence-corrected chi connectivity index (χ4v) is 2.61. The molecule has 1 heterocycles. The molecule has 84 valence electrons. The molecule has 0 bridgehead atoms. The van der Waals surface area contributed by atoms with Crippen molar-refractivity contribution < 1.29 is 0 Å². The van der Waals surface area contributed by atoms with Crippen LogP contribution in [0.1, 0.15) is 40.0 Å². The molecular weight excluding hydrogens is 172 g/mol. The summed E-state index contributed by atoms with van der Waals surface area (Å²) in [5.41, 5.74) is 5.74. The molecule has 0 amide bonds. The number of rotatable bonds is 4. The largest absolute Gasteiger partial charge is 0.328 e. The van der Waals surface area contributed by atoms with Gasteiger partial charge >= 0.3 is 0 Å². The van der Waals surface area contributed by atoms with Gasteiger partial charge in [0.25, 0.3) is 0 Å². The average Bonchev–Trinajstić information content (AvgIpc) is 2.01. The molecule has 3 unspecified atom stereocenters. The Hall–Kier alpha value is -0.0800. The van der Waals surface area contributed by atoms with Crippen LogP contribution in [0.5, 0.6) is 0 Å². The van der Waals surface area contributed by atoms with Crippen molar-refractivity contribution >= 4 is 0 Å². The fraction of sp³-hybridized carbons (Fsp3) is 1.00. The van der Waals surface area contributed by atoms with Gasteiger partial charge in [0.2, 0.25) is 0 Å². The monoisotopic (exact) mass is 198 g/mol. The van der Waals surface area contributed by atoms with Gasteiger partial charge in [-0.05, 0) is 44.6 Å². The highest BCUT2D eigenvalue weighted by atomic mass is 15.1. The van der Waals surface area contributed by atoms with Crippen molar-refractivity contribution in [2.24, 2.45) is 17.6 Å². The second-order valence-electron chi connectivity index (χ2n) is 5.33. The number of hydrogen-bond acceptors (Lipinski definition) is 2. The van der Waals surface area contributed by atoms with Gasteiger partial charge in [-0.1, -0.05) is 13.8 Å². The minimum atomic E-state index is 0.370. The Morgan fingerprint density at radius 3 is 2.36 bits per heavy atom. The summed E-state index contributed by atoms with van der Waals surface area (Å²) in [4.78, 5) is 2.61. The summed E-state index contributed by atoms with van der Waals surface area (Å²) in [6.07, 6.45) is 3.83. The average molecular weight is 198 g/mol. The Morgan fingerprint density at radius 2 is 1.86 bits per heavy atom. The van der Waals surface area contributed by atoms with Crippen LogP contribution in [0.4, 0.5) is 0 Å². The van der Waals surface area contributed by atoms with Crippen LogP contribution in [0, 0.1) is 11.8 Å². The molecule has 1 rings (SSSR count). The van der Waals surface area contributed by atoms with Crippen LogP contribution >= 0.6 is 0 Å². The van der Waals surface area contributed by atoms with Crippen molar-refractivity contribution in [1.82, 2.24) is 4.90 Å². The Bertz CT molecular complexity index is 146. The molecule has 1 saturated heterocycles. The first kappa shape index (κ1) is 12.0. The smallest absolute Gasteiger partial charge is 0.00109 e. The predicted octanol–water partition coefficient (Wildman–Crippen LogP) is 2.09. The molecule has 0 aromatic carbocycles. The van der Waals surface area contributed by atoms with E-state index in [9.17, 15) is 0 Å². The highest BCUT2D eigenvalue weighted by Gasteiger charge is 2.20. The van der Waals surface area contributed by atoms with Gasteiger partial charge in [0, 0.05) is 19.1 Å². The van der Waals surface area contributed by atoms with Gasteiger partial charge < -0.3 is 10.6 Å². The van der Waals surface area contributed by atoms with Gasteiger partial charge in [-0.25, -0.2) is 0 Å². The molecule has 0 saturated carbocycles. The Morgan fingerprint density at radius 1 is 1.29 bits per heavy atom. The number of hydrogen-bond donors (Lipinski definition) is 1. The number of nitrogens with two attached hydrogens (primary N) is 1. The fourth-order valence-electron chi connectivity index (χ4n) is 2.61. The lowest BCUT2D eigenvalue weighted by Crippen LogP contribution is -2.39. The first-order valence-electron chi connectivity index (χ1n) is 6.06. The summed E-state index contributed by atoms with van der Waals surface area (Å²) >= 11 is 0.